The van der Waals surface area contributed by atoms with Crippen molar-refractivity contribution in [2.75, 3.05) is 0 Å². The maximum absolute atomic E-state index is 7.29. The van der Waals surface area contributed by atoms with Crippen LogP contribution in [0.15, 0.2) is 18.2 Å². The first kappa shape index (κ1) is 12.6. The van der Waals surface area contributed by atoms with Crippen molar-refractivity contribution in [3.8, 4) is 5.75 Å². The summed E-state index contributed by atoms with van der Waals surface area (Å²) in [7, 11) is 0. The Morgan fingerprint density at radius 2 is 2.12 bits per heavy atom. The van der Waals surface area contributed by atoms with Crippen LogP contribution in [-0.4, -0.2) is 11.9 Å². The molecule has 0 saturated carbocycles. The van der Waals surface area contributed by atoms with Crippen LogP contribution in [0.5, 0.6) is 5.75 Å². The Morgan fingerprint density at radius 3 is 2.69 bits per heavy atom. The molecule has 0 spiro atoms. The molecule has 3 nitrogen and oxygen atoms in total. The fraction of sp³-hybridized carbons (Fsp3) is 0.462. The van der Waals surface area contributed by atoms with E-state index in [-0.39, 0.29) is 11.9 Å². The molecule has 0 fully saturated rings. The minimum Gasteiger partial charge on any atom is -0.490 e. The number of aryl methyl sites for hydroxylation is 2. The van der Waals surface area contributed by atoms with Crippen molar-refractivity contribution in [1.82, 2.24) is 0 Å². The van der Waals surface area contributed by atoms with E-state index < -0.39 is 0 Å². The van der Waals surface area contributed by atoms with E-state index in [2.05, 4.69) is 6.07 Å². The first-order valence-electron chi connectivity index (χ1n) is 5.59. The van der Waals surface area contributed by atoms with Gasteiger partial charge in [-0.15, -0.1) is 0 Å². The average Bonchev–Trinajstić information content (AvgIpc) is 2.21. The van der Waals surface area contributed by atoms with Gasteiger partial charge in [-0.2, -0.15) is 0 Å². The molecule has 0 radical (unpaired) electrons. The van der Waals surface area contributed by atoms with E-state index in [9.17, 15) is 0 Å². The van der Waals surface area contributed by atoms with Gasteiger partial charge in [-0.05, 0) is 37.5 Å². The van der Waals surface area contributed by atoms with E-state index in [1.807, 2.05) is 32.9 Å². The molecule has 3 heteroatoms. The molecule has 0 bridgehead atoms. The molecule has 0 heterocycles. The highest BCUT2D eigenvalue weighted by Crippen LogP contribution is 2.21. The van der Waals surface area contributed by atoms with Gasteiger partial charge in [0.2, 0.25) is 0 Å². The molecule has 1 unspecified atom stereocenters. The van der Waals surface area contributed by atoms with E-state index in [1.165, 1.54) is 5.56 Å². The van der Waals surface area contributed by atoms with Crippen LogP contribution in [0.2, 0.25) is 0 Å². The number of nitrogens with two attached hydrogens (primary N) is 1. The Labute approximate surface area is 97.1 Å². The molecule has 0 amide bonds. The fourth-order valence-electron chi connectivity index (χ4n) is 1.53. The predicted molar refractivity (Wildman–Crippen MR) is 67.2 cm³/mol. The summed E-state index contributed by atoms with van der Waals surface area (Å²) in [5.74, 6) is 1.07. The third kappa shape index (κ3) is 3.57. The van der Waals surface area contributed by atoms with E-state index in [0.717, 1.165) is 17.7 Å². The number of hydrogen-bond acceptors (Lipinski definition) is 2. The number of ether oxygens (including phenoxy) is 1. The van der Waals surface area contributed by atoms with Crippen molar-refractivity contribution < 1.29 is 4.74 Å². The summed E-state index contributed by atoms with van der Waals surface area (Å²) >= 11 is 0. The average molecular weight is 220 g/mol. The maximum atomic E-state index is 7.29. The molecule has 3 N–H and O–H groups in total. The number of benzene rings is 1. The van der Waals surface area contributed by atoms with Gasteiger partial charge in [-0.3, -0.25) is 5.41 Å². The zero-order chi connectivity index (χ0) is 12.1. The summed E-state index contributed by atoms with van der Waals surface area (Å²) in [5, 5.41) is 7.29. The molecule has 88 valence electrons. The summed E-state index contributed by atoms with van der Waals surface area (Å²) in [6.45, 7) is 6.10. The van der Waals surface area contributed by atoms with Gasteiger partial charge in [-0.1, -0.05) is 19.1 Å². The van der Waals surface area contributed by atoms with Gasteiger partial charge in [0.1, 0.15) is 11.9 Å². The van der Waals surface area contributed by atoms with Gasteiger partial charge < -0.3 is 10.5 Å². The molecular formula is C13H20N2O. The number of amidine groups is 1. The first-order valence-corrected chi connectivity index (χ1v) is 5.59. The van der Waals surface area contributed by atoms with Crippen LogP contribution in [0.3, 0.4) is 0 Å². The second-order valence-corrected chi connectivity index (χ2v) is 4.15. The smallest absolute Gasteiger partial charge is 0.122 e. The van der Waals surface area contributed by atoms with Gasteiger partial charge in [0.25, 0.3) is 0 Å². The quantitative estimate of drug-likeness (QED) is 0.592. The lowest BCUT2D eigenvalue weighted by Gasteiger charge is -2.18. The summed E-state index contributed by atoms with van der Waals surface area (Å²) in [6, 6.07) is 6.14. The molecular weight excluding hydrogens is 200 g/mol. The minimum atomic E-state index is -0.00185. The van der Waals surface area contributed by atoms with Crippen LogP contribution in [0.1, 0.15) is 30.9 Å². The van der Waals surface area contributed by atoms with Gasteiger partial charge in [0, 0.05) is 6.42 Å². The molecule has 0 aromatic heterocycles. The summed E-state index contributed by atoms with van der Waals surface area (Å²) in [6.07, 6.45) is 1.34. The zero-order valence-electron chi connectivity index (χ0n) is 10.2. The highest BCUT2D eigenvalue weighted by Gasteiger charge is 2.11. The molecule has 1 aromatic carbocycles. The minimum absolute atomic E-state index is 0.00185. The number of hydrogen-bond donors (Lipinski definition) is 2. The molecule has 1 rings (SSSR count). The van der Waals surface area contributed by atoms with E-state index in [0.29, 0.717) is 6.42 Å². The summed E-state index contributed by atoms with van der Waals surface area (Å²) in [4.78, 5) is 0. The molecule has 0 aliphatic heterocycles. The molecule has 0 aliphatic carbocycles. The van der Waals surface area contributed by atoms with Crippen LogP contribution in [0.4, 0.5) is 0 Å². The van der Waals surface area contributed by atoms with Crippen LogP contribution in [0.25, 0.3) is 0 Å². The molecule has 0 aliphatic rings. The third-order valence-corrected chi connectivity index (χ3v) is 2.54. The van der Waals surface area contributed by atoms with Crippen molar-refractivity contribution in [2.24, 2.45) is 5.73 Å². The Bertz CT molecular complexity index is 374. The normalized spacial score (nSPS) is 12.2. The van der Waals surface area contributed by atoms with Crippen molar-refractivity contribution in [2.45, 2.75) is 39.7 Å². The standard InChI is InChI=1S/C13H20N2O/c1-4-11(8-13(14)15)16-12-7-9(2)5-6-10(12)3/h5-7,11H,4,8H2,1-3H3,(H3,14,15). The predicted octanol–water partition coefficient (Wildman–Crippen LogP) is 2.79. The van der Waals surface area contributed by atoms with Crippen molar-refractivity contribution >= 4 is 5.84 Å². The lowest BCUT2D eigenvalue weighted by molar-refractivity contribution is 0.203. The lowest BCUT2D eigenvalue weighted by atomic mass is 10.1. The Balaban J connectivity index is 2.77. The maximum Gasteiger partial charge on any atom is 0.122 e. The van der Waals surface area contributed by atoms with E-state index >= 15 is 0 Å². The third-order valence-electron chi connectivity index (χ3n) is 2.54. The van der Waals surface area contributed by atoms with Crippen LogP contribution in [-0.2, 0) is 0 Å². The van der Waals surface area contributed by atoms with Crippen molar-refractivity contribution in [3.05, 3.63) is 29.3 Å². The highest BCUT2D eigenvalue weighted by atomic mass is 16.5. The fourth-order valence-corrected chi connectivity index (χ4v) is 1.53. The summed E-state index contributed by atoms with van der Waals surface area (Å²) < 4.78 is 5.87. The van der Waals surface area contributed by atoms with Crippen LogP contribution >= 0.6 is 0 Å². The second kappa shape index (κ2) is 5.54. The number of rotatable bonds is 5. The highest BCUT2D eigenvalue weighted by molar-refractivity contribution is 5.77. The largest absolute Gasteiger partial charge is 0.490 e. The van der Waals surface area contributed by atoms with Crippen molar-refractivity contribution in [3.63, 3.8) is 0 Å². The monoisotopic (exact) mass is 220 g/mol. The Hall–Kier alpha value is -1.51. The van der Waals surface area contributed by atoms with Gasteiger partial charge in [-0.25, -0.2) is 0 Å². The topological polar surface area (TPSA) is 59.1 Å². The van der Waals surface area contributed by atoms with Crippen LogP contribution in [0, 0.1) is 19.3 Å². The zero-order valence-corrected chi connectivity index (χ0v) is 10.2. The Kier molecular flexibility index (Phi) is 4.35. The van der Waals surface area contributed by atoms with Gasteiger partial charge >= 0.3 is 0 Å². The molecule has 16 heavy (non-hydrogen) atoms. The summed E-state index contributed by atoms with van der Waals surface area (Å²) in [5.41, 5.74) is 7.69. The van der Waals surface area contributed by atoms with Gasteiger partial charge in [0.05, 0.1) is 5.84 Å². The Morgan fingerprint density at radius 1 is 1.44 bits per heavy atom. The second-order valence-electron chi connectivity index (χ2n) is 4.15. The molecule has 1 atom stereocenters. The lowest BCUT2D eigenvalue weighted by Crippen LogP contribution is -2.24. The van der Waals surface area contributed by atoms with E-state index in [4.69, 9.17) is 15.9 Å². The van der Waals surface area contributed by atoms with Gasteiger partial charge in [0.15, 0.2) is 0 Å². The number of nitrogens with one attached hydrogen (secondary N) is 1. The SMILES string of the molecule is CCC(CC(=N)N)Oc1cc(C)ccc1C. The van der Waals surface area contributed by atoms with Crippen LogP contribution < -0.4 is 10.5 Å². The van der Waals surface area contributed by atoms with Crippen molar-refractivity contribution in [1.29, 1.82) is 5.41 Å². The van der Waals surface area contributed by atoms with E-state index in [1.54, 1.807) is 0 Å². The first-order chi connectivity index (χ1) is 7.52. The molecule has 1 aromatic rings. The molecule has 0 saturated heterocycles.